The van der Waals surface area contributed by atoms with Crippen LogP contribution < -0.4 is 15.4 Å². The van der Waals surface area contributed by atoms with E-state index in [0.29, 0.717) is 30.9 Å². The van der Waals surface area contributed by atoms with Gasteiger partial charge in [-0.15, -0.1) is 0 Å². The Bertz CT molecular complexity index is 359. The fraction of sp³-hybridized carbons (Fsp3) is 0.727. The second kappa shape index (κ2) is 7.65. The van der Waals surface area contributed by atoms with Gasteiger partial charge in [-0.05, 0) is 27.2 Å². The number of nitrogens with zero attached hydrogens (tertiary/aromatic N) is 3. The van der Waals surface area contributed by atoms with Crippen molar-refractivity contribution in [1.82, 2.24) is 15.0 Å². The van der Waals surface area contributed by atoms with Crippen LogP contribution in [0.5, 0.6) is 6.01 Å². The smallest absolute Gasteiger partial charge is 0.323 e. The van der Waals surface area contributed by atoms with Crippen LogP contribution in [0.15, 0.2) is 0 Å². The average Bonchev–Trinajstić information content (AvgIpc) is 2.28. The average molecular weight is 255 g/mol. The van der Waals surface area contributed by atoms with Crippen molar-refractivity contribution in [3.63, 3.8) is 0 Å². The molecule has 0 fully saturated rings. The molecule has 0 unspecified atom stereocenters. The van der Waals surface area contributed by atoms with E-state index in [9.17, 15) is 0 Å². The molecule has 0 amide bonds. The monoisotopic (exact) mass is 255 g/mol. The summed E-state index contributed by atoms with van der Waals surface area (Å²) in [5.74, 6) is 0.930. The molecule has 0 atom stereocenters. The lowest BCUT2D eigenvalue weighted by Crippen LogP contribution is -2.14. The standard InChI is InChI=1S/C11H21N5O2/c1-4-12-9-14-10(13-6-5-7-17)16-11(15-9)18-8(2)3/h8,17H,4-7H2,1-3H3,(H2,12,13,14,15,16). The minimum absolute atomic E-state index is 0.00664. The normalized spacial score (nSPS) is 10.5. The zero-order valence-electron chi connectivity index (χ0n) is 11.1. The van der Waals surface area contributed by atoms with E-state index in [1.165, 1.54) is 0 Å². The van der Waals surface area contributed by atoms with Crippen LogP contribution >= 0.6 is 0 Å². The van der Waals surface area contributed by atoms with Gasteiger partial charge in [-0.2, -0.15) is 15.0 Å². The molecule has 0 saturated carbocycles. The first kappa shape index (κ1) is 14.4. The first-order valence-electron chi connectivity index (χ1n) is 6.17. The topological polar surface area (TPSA) is 92.2 Å². The van der Waals surface area contributed by atoms with Gasteiger partial charge in [0.1, 0.15) is 0 Å². The van der Waals surface area contributed by atoms with Crippen LogP contribution in [-0.4, -0.2) is 45.9 Å². The number of aromatic nitrogens is 3. The Labute approximate surface area is 107 Å². The van der Waals surface area contributed by atoms with Gasteiger partial charge in [0.25, 0.3) is 0 Å². The maximum Gasteiger partial charge on any atom is 0.323 e. The number of aliphatic hydroxyl groups excluding tert-OH is 1. The molecule has 0 aliphatic rings. The number of hydrogen-bond donors (Lipinski definition) is 3. The minimum Gasteiger partial charge on any atom is -0.461 e. The van der Waals surface area contributed by atoms with E-state index in [1.54, 1.807) is 0 Å². The highest BCUT2D eigenvalue weighted by molar-refractivity contribution is 5.35. The lowest BCUT2D eigenvalue weighted by atomic mass is 10.4. The van der Waals surface area contributed by atoms with Gasteiger partial charge < -0.3 is 20.5 Å². The highest BCUT2D eigenvalue weighted by Gasteiger charge is 2.08. The summed E-state index contributed by atoms with van der Waals surface area (Å²) in [6.45, 7) is 7.25. The summed E-state index contributed by atoms with van der Waals surface area (Å²) in [7, 11) is 0. The van der Waals surface area contributed by atoms with Crippen molar-refractivity contribution in [3.05, 3.63) is 0 Å². The van der Waals surface area contributed by atoms with Crippen molar-refractivity contribution >= 4 is 11.9 Å². The van der Waals surface area contributed by atoms with Gasteiger partial charge in [0, 0.05) is 19.7 Å². The third-order valence-electron chi connectivity index (χ3n) is 1.91. The molecule has 7 heteroatoms. The molecular formula is C11H21N5O2. The summed E-state index contributed by atoms with van der Waals surface area (Å²) in [5.41, 5.74) is 0. The predicted octanol–water partition coefficient (Wildman–Crippen LogP) is 0.885. The van der Waals surface area contributed by atoms with E-state index >= 15 is 0 Å². The Morgan fingerprint density at radius 1 is 1.17 bits per heavy atom. The molecule has 1 heterocycles. The molecule has 0 radical (unpaired) electrons. The molecule has 102 valence electrons. The van der Waals surface area contributed by atoms with Crippen molar-refractivity contribution in [3.8, 4) is 6.01 Å². The van der Waals surface area contributed by atoms with Crippen LogP contribution in [0.3, 0.4) is 0 Å². The van der Waals surface area contributed by atoms with Gasteiger partial charge in [0.15, 0.2) is 0 Å². The summed E-state index contributed by atoms with van der Waals surface area (Å²) in [6, 6.07) is 0.294. The third kappa shape index (κ3) is 5.13. The van der Waals surface area contributed by atoms with Crippen LogP contribution in [0.1, 0.15) is 27.2 Å². The molecule has 0 spiro atoms. The molecule has 7 nitrogen and oxygen atoms in total. The molecule has 1 aromatic heterocycles. The lowest BCUT2D eigenvalue weighted by Gasteiger charge is -2.11. The minimum atomic E-state index is 0.00664. The number of hydrogen-bond acceptors (Lipinski definition) is 7. The van der Waals surface area contributed by atoms with Gasteiger partial charge in [-0.1, -0.05) is 0 Å². The van der Waals surface area contributed by atoms with Gasteiger partial charge in [-0.3, -0.25) is 0 Å². The lowest BCUT2D eigenvalue weighted by molar-refractivity contribution is 0.222. The summed E-state index contributed by atoms with van der Waals surface area (Å²) >= 11 is 0. The highest BCUT2D eigenvalue weighted by Crippen LogP contribution is 2.12. The maximum absolute atomic E-state index is 8.73. The zero-order chi connectivity index (χ0) is 13.4. The Hall–Kier alpha value is -1.63. The van der Waals surface area contributed by atoms with E-state index in [-0.39, 0.29) is 12.7 Å². The fourth-order valence-electron chi connectivity index (χ4n) is 1.22. The van der Waals surface area contributed by atoms with Gasteiger partial charge >= 0.3 is 6.01 Å². The largest absolute Gasteiger partial charge is 0.461 e. The van der Waals surface area contributed by atoms with E-state index in [1.807, 2.05) is 20.8 Å². The summed E-state index contributed by atoms with van der Waals surface area (Å²) in [4.78, 5) is 12.5. The van der Waals surface area contributed by atoms with E-state index in [0.717, 1.165) is 6.54 Å². The molecule has 18 heavy (non-hydrogen) atoms. The third-order valence-corrected chi connectivity index (χ3v) is 1.91. The van der Waals surface area contributed by atoms with Crippen molar-refractivity contribution in [2.75, 3.05) is 30.3 Å². The SMILES string of the molecule is CCNc1nc(NCCCO)nc(OC(C)C)n1. The second-order valence-electron chi connectivity index (χ2n) is 3.97. The zero-order valence-corrected chi connectivity index (χ0v) is 11.1. The molecule has 0 saturated heterocycles. The van der Waals surface area contributed by atoms with Gasteiger partial charge in [0.2, 0.25) is 11.9 Å². The van der Waals surface area contributed by atoms with Crippen LogP contribution in [0, 0.1) is 0 Å². The first-order chi connectivity index (χ1) is 8.65. The molecular weight excluding hydrogens is 234 g/mol. The number of rotatable bonds is 8. The summed E-state index contributed by atoms with van der Waals surface area (Å²) in [6.07, 6.45) is 0.648. The fourth-order valence-corrected chi connectivity index (χ4v) is 1.22. The highest BCUT2D eigenvalue weighted by atomic mass is 16.5. The molecule has 3 N–H and O–H groups in total. The first-order valence-corrected chi connectivity index (χ1v) is 6.17. The maximum atomic E-state index is 8.73. The van der Waals surface area contributed by atoms with Crippen LogP contribution in [0.2, 0.25) is 0 Å². The Balaban J connectivity index is 2.77. The van der Waals surface area contributed by atoms with Crippen molar-refractivity contribution in [2.24, 2.45) is 0 Å². The Morgan fingerprint density at radius 3 is 2.39 bits per heavy atom. The number of ether oxygens (including phenoxy) is 1. The predicted molar refractivity (Wildman–Crippen MR) is 69.9 cm³/mol. The van der Waals surface area contributed by atoms with Crippen molar-refractivity contribution in [1.29, 1.82) is 0 Å². The number of anilines is 2. The molecule has 1 aromatic rings. The Kier molecular flexibility index (Phi) is 6.13. The van der Waals surface area contributed by atoms with Crippen LogP contribution in [0.25, 0.3) is 0 Å². The molecule has 1 rings (SSSR count). The molecule has 0 aromatic carbocycles. The van der Waals surface area contributed by atoms with E-state index in [2.05, 4.69) is 25.6 Å². The number of aliphatic hydroxyl groups is 1. The van der Waals surface area contributed by atoms with Gasteiger partial charge in [0.05, 0.1) is 6.10 Å². The van der Waals surface area contributed by atoms with E-state index < -0.39 is 0 Å². The van der Waals surface area contributed by atoms with E-state index in [4.69, 9.17) is 9.84 Å². The van der Waals surface area contributed by atoms with Crippen LogP contribution in [-0.2, 0) is 0 Å². The van der Waals surface area contributed by atoms with Gasteiger partial charge in [-0.25, -0.2) is 0 Å². The van der Waals surface area contributed by atoms with Crippen LogP contribution in [0.4, 0.5) is 11.9 Å². The summed E-state index contributed by atoms with van der Waals surface area (Å²) < 4.78 is 5.46. The summed E-state index contributed by atoms with van der Waals surface area (Å²) in [5, 5.41) is 14.8. The molecule has 0 aliphatic carbocycles. The molecule has 0 aliphatic heterocycles. The van der Waals surface area contributed by atoms with Crippen molar-refractivity contribution in [2.45, 2.75) is 33.3 Å². The second-order valence-corrected chi connectivity index (χ2v) is 3.97. The van der Waals surface area contributed by atoms with Crippen molar-refractivity contribution < 1.29 is 9.84 Å². The Morgan fingerprint density at radius 2 is 1.83 bits per heavy atom. The molecule has 0 bridgehead atoms. The quantitative estimate of drug-likeness (QED) is 0.594. The number of nitrogens with one attached hydrogen (secondary N) is 2.